The van der Waals surface area contributed by atoms with Gasteiger partial charge in [0.25, 0.3) is 0 Å². The number of hydrogen-bond donors (Lipinski definition) is 2. The van der Waals surface area contributed by atoms with Gasteiger partial charge in [0.1, 0.15) is 0 Å². The molecule has 1 aliphatic rings. The van der Waals surface area contributed by atoms with Crippen LogP contribution in [0, 0.1) is 5.92 Å². The number of benzene rings is 1. The predicted octanol–water partition coefficient (Wildman–Crippen LogP) is 2.00. The second kappa shape index (κ2) is 6.70. The van der Waals surface area contributed by atoms with Crippen molar-refractivity contribution in [3.05, 3.63) is 35.9 Å². The Kier molecular flexibility index (Phi) is 5.19. The highest BCUT2D eigenvalue weighted by Crippen LogP contribution is 2.27. The molecule has 1 heterocycles. The predicted molar refractivity (Wildman–Crippen MR) is 83.7 cm³/mol. The number of hydrogen-bond acceptors (Lipinski definition) is 3. The van der Waals surface area contributed by atoms with E-state index in [1.165, 1.54) is 5.56 Å². The van der Waals surface area contributed by atoms with Crippen LogP contribution in [0.5, 0.6) is 0 Å². The van der Waals surface area contributed by atoms with Crippen LogP contribution in [0.25, 0.3) is 0 Å². The van der Waals surface area contributed by atoms with Gasteiger partial charge in [-0.25, -0.2) is 0 Å². The second-order valence-corrected chi connectivity index (χ2v) is 6.48. The van der Waals surface area contributed by atoms with Gasteiger partial charge < -0.3 is 15.7 Å². The first-order valence-electron chi connectivity index (χ1n) is 7.71. The highest BCUT2D eigenvalue weighted by Gasteiger charge is 2.30. The van der Waals surface area contributed by atoms with Gasteiger partial charge in [-0.2, -0.15) is 0 Å². The van der Waals surface area contributed by atoms with E-state index in [0.29, 0.717) is 12.5 Å². The fourth-order valence-corrected chi connectivity index (χ4v) is 3.20. The van der Waals surface area contributed by atoms with Gasteiger partial charge in [0.2, 0.25) is 0 Å². The van der Waals surface area contributed by atoms with Crippen molar-refractivity contribution in [2.45, 2.75) is 38.2 Å². The molecule has 0 saturated carbocycles. The van der Waals surface area contributed by atoms with Gasteiger partial charge in [0, 0.05) is 18.5 Å². The Labute approximate surface area is 122 Å². The molecule has 2 unspecified atom stereocenters. The zero-order chi connectivity index (χ0) is 14.6. The monoisotopic (exact) mass is 276 g/mol. The van der Waals surface area contributed by atoms with Crippen molar-refractivity contribution < 1.29 is 5.11 Å². The Balaban J connectivity index is 1.98. The van der Waals surface area contributed by atoms with E-state index < -0.39 is 0 Å². The lowest BCUT2D eigenvalue weighted by atomic mass is 9.81. The molecule has 1 aromatic rings. The lowest BCUT2D eigenvalue weighted by Crippen LogP contribution is -2.47. The summed E-state index contributed by atoms with van der Waals surface area (Å²) in [6.07, 6.45) is 2.01. The van der Waals surface area contributed by atoms with Crippen LogP contribution in [0.15, 0.2) is 30.3 Å². The first-order chi connectivity index (χ1) is 9.55. The highest BCUT2D eigenvalue weighted by molar-refractivity contribution is 5.25. The Morgan fingerprint density at radius 1 is 1.30 bits per heavy atom. The summed E-state index contributed by atoms with van der Waals surface area (Å²) in [4.78, 5) is 2.50. The molecule has 2 rings (SSSR count). The third-order valence-corrected chi connectivity index (χ3v) is 4.81. The number of rotatable bonds is 5. The maximum atomic E-state index is 9.68. The van der Waals surface area contributed by atoms with Crippen LogP contribution in [0.4, 0.5) is 0 Å². The number of nitrogens with two attached hydrogens (primary N) is 1. The Bertz CT molecular complexity index is 399. The summed E-state index contributed by atoms with van der Waals surface area (Å²) in [5.74, 6) is 0.465. The average Bonchev–Trinajstić information content (AvgIpc) is 2.48. The van der Waals surface area contributed by atoms with Crippen molar-refractivity contribution in [2.75, 3.05) is 26.2 Å². The fourth-order valence-electron chi connectivity index (χ4n) is 3.20. The van der Waals surface area contributed by atoms with Crippen LogP contribution >= 0.6 is 0 Å². The van der Waals surface area contributed by atoms with Crippen molar-refractivity contribution in [1.29, 1.82) is 0 Å². The van der Waals surface area contributed by atoms with Crippen LogP contribution in [0.3, 0.4) is 0 Å². The third kappa shape index (κ3) is 3.60. The lowest BCUT2D eigenvalue weighted by Gasteiger charge is -2.39. The SMILES string of the molecule is CC(O)C1CCN(CC(C)(CN)c2ccccc2)CC1. The molecule has 1 fully saturated rings. The van der Waals surface area contributed by atoms with Crippen molar-refractivity contribution in [3.63, 3.8) is 0 Å². The largest absolute Gasteiger partial charge is 0.393 e. The maximum Gasteiger partial charge on any atom is 0.0541 e. The fraction of sp³-hybridized carbons (Fsp3) is 0.647. The molecule has 0 radical (unpaired) electrons. The first-order valence-corrected chi connectivity index (χ1v) is 7.71. The highest BCUT2D eigenvalue weighted by atomic mass is 16.3. The average molecular weight is 276 g/mol. The lowest BCUT2D eigenvalue weighted by molar-refractivity contribution is 0.0648. The normalized spacial score (nSPS) is 22.4. The van der Waals surface area contributed by atoms with Gasteiger partial charge in [-0.1, -0.05) is 37.3 Å². The molecular formula is C17H28N2O. The molecule has 0 spiro atoms. The zero-order valence-electron chi connectivity index (χ0n) is 12.8. The molecule has 2 atom stereocenters. The molecule has 0 aliphatic carbocycles. The molecule has 0 amide bonds. The number of aliphatic hydroxyl groups excluding tert-OH is 1. The van der Waals surface area contributed by atoms with Crippen LogP contribution in [-0.2, 0) is 5.41 Å². The van der Waals surface area contributed by atoms with E-state index in [1.807, 2.05) is 6.92 Å². The van der Waals surface area contributed by atoms with Crippen LogP contribution < -0.4 is 5.73 Å². The molecule has 0 bridgehead atoms. The van der Waals surface area contributed by atoms with Crippen molar-refractivity contribution >= 4 is 0 Å². The molecular weight excluding hydrogens is 248 g/mol. The van der Waals surface area contributed by atoms with E-state index in [-0.39, 0.29) is 11.5 Å². The maximum absolute atomic E-state index is 9.68. The number of likely N-dealkylation sites (tertiary alicyclic amines) is 1. The van der Waals surface area contributed by atoms with Crippen LogP contribution in [-0.4, -0.2) is 42.3 Å². The van der Waals surface area contributed by atoms with E-state index >= 15 is 0 Å². The van der Waals surface area contributed by atoms with Gasteiger partial charge in [-0.05, 0) is 44.3 Å². The quantitative estimate of drug-likeness (QED) is 0.865. The molecule has 1 aliphatic heterocycles. The molecule has 20 heavy (non-hydrogen) atoms. The number of aliphatic hydroxyl groups is 1. The van der Waals surface area contributed by atoms with Crippen molar-refractivity contribution in [1.82, 2.24) is 4.90 Å². The standard InChI is InChI=1S/C17H28N2O/c1-14(20)15-8-10-19(11-9-15)13-17(2,12-18)16-6-4-3-5-7-16/h3-7,14-15,20H,8-13,18H2,1-2H3. The van der Waals surface area contributed by atoms with E-state index in [0.717, 1.165) is 32.5 Å². The minimum atomic E-state index is -0.174. The van der Waals surface area contributed by atoms with E-state index in [4.69, 9.17) is 5.73 Å². The van der Waals surface area contributed by atoms with Gasteiger partial charge in [-0.15, -0.1) is 0 Å². The Morgan fingerprint density at radius 2 is 1.90 bits per heavy atom. The third-order valence-electron chi connectivity index (χ3n) is 4.81. The molecule has 0 aromatic heterocycles. The summed E-state index contributed by atoms with van der Waals surface area (Å²) >= 11 is 0. The van der Waals surface area contributed by atoms with Crippen LogP contribution in [0.2, 0.25) is 0 Å². The van der Waals surface area contributed by atoms with Gasteiger partial charge in [-0.3, -0.25) is 0 Å². The smallest absolute Gasteiger partial charge is 0.0541 e. The van der Waals surface area contributed by atoms with Gasteiger partial charge in [0.05, 0.1) is 6.10 Å². The van der Waals surface area contributed by atoms with Gasteiger partial charge in [0.15, 0.2) is 0 Å². The summed E-state index contributed by atoms with van der Waals surface area (Å²) in [5, 5.41) is 9.68. The van der Waals surface area contributed by atoms with E-state index in [1.54, 1.807) is 0 Å². The number of piperidine rings is 1. The topological polar surface area (TPSA) is 49.5 Å². The molecule has 1 saturated heterocycles. The van der Waals surface area contributed by atoms with E-state index in [9.17, 15) is 5.11 Å². The molecule has 3 heteroatoms. The summed E-state index contributed by atoms with van der Waals surface area (Å²) < 4.78 is 0. The zero-order valence-corrected chi connectivity index (χ0v) is 12.8. The molecule has 112 valence electrons. The number of nitrogens with zero attached hydrogens (tertiary/aromatic N) is 1. The van der Waals surface area contributed by atoms with Crippen molar-refractivity contribution in [3.8, 4) is 0 Å². The van der Waals surface area contributed by atoms with Crippen molar-refractivity contribution in [2.24, 2.45) is 11.7 Å². The summed E-state index contributed by atoms with van der Waals surface area (Å²) in [5.41, 5.74) is 7.40. The van der Waals surface area contributed by atoms with Gasteiger partial charge >= 0.3 is 0 Å². The Morgan fingerprint density at radius 3 is 2.40 bits per heavy atom. The minimum absolute atomic E-state index is 0.0128. The molecule has 3 nitrogen and oxygen atoms in total. The first kappa shape index (κ1) is 15.5. The van der Waals surface area contributed by atoms with Crippen LogP contribution in [0.1, 0.15) is 32.3 Å². The second-order valence-electron chi connectivity index (χ2n) is 6.48. The molecule has 3 N–H and O–H groups in total. The Hall–Kier alpha value is -0.900. The van der Waals surface area contributed by atoms with E-state index in [2.05, 4.69) is 42.2 Å². The minimum Gasteiger partial charge on any atom is -0.393 e. The summed E-state index contributed by atoms with van der Waals surface area (Å²) in [6.45, 7) is 7.96. The molecule has 1 aromatic carbocycles. The summed E-state index contributed by atoms with van der Waals surface area (Å²) in [6, 6.07) is 10.6. The summed E-state index contributed by atoms with van der Waals surface area (Å²) in [7, 11) is 0.